The normalized spacial score (nSPS) is 24.7. The van der Waals surface area contributed by atoms with Crippen LogP contribution in [0.25, 0.3) is 0 Å². The van der Waals surface area contributed by atoms with E-state index in [1.807, 2.05) is 18.2 Å². The third kappa shape index (κ3) is 2.13. The summed E-state index contributed by atoms with van der Waals surface area (Å²) in [4.78, 5) is 11.6. The van der Waals surface area contributed by atoms with Crippen LogP contribution in [0.5, 0.6) is 0 Å². The third-order valence-electron chi connectivity index (χ3n) is 4.87. The second-order valence-electron chi connectivity index (χ2n) is 6.07. The molecule has 0 saturated carbocycles. The first-order chi connectivity index (χ1) is 11.2. The number of nitrogens with one attached hydrogen (secondary N) is 1. The molecule has 3 nitrogen and oxygen atoms in total. The summed E-state index contributed by atoms with van der Waals surface area (Å²) in [7, 11) is 0. The Morgan fingerprint density at radius 2 is 1.91 bits per heavy atom. The average Bonchev–Trinajstić information content (AvgIpc) is 3.04. The van der Waals surface area contributed by atoms with Gasteiger partial charge in [0, 0.05) is 5.92 Å². The zero-order valence-electron chi connectivity index (χ0n) is 12.4. The van der Waals surface area contributed by atoms with Crippen molar-refractivity contribution in [2.75, 3.05) is 5.32 Å². The van der Waals surface area contributed by atoms with Gasteiger partial charge in [-0.05, 0) is 35.6 Å². The summed E-state index contributed by atoms with van der Waals surface area (Å²) in [5, 5.41) is 12.7. The number of carboxylic acid groups (broad SMARTS) is 1. The first-order valence-corrected chi connectivity index (χ1v) is 7.70. The van der Waals surface area contributed by atoms with Gasteiger partial charge in [-0.3, -0.25) is 0 Å². The molecule has 1 aliphatic heterocycles. The van der Waals surface area contributed by atoms with Crippen molar-refractivity contribution >= 4 is 11.7 Å². The molecule has 0 amide bonds. The lowest BCUT2D eigenvalue weighted by Gasteiger charge is -2.38. The third-order valence-corrected chi connectivity index (χ3v) is 4.87. The fourth-order valence-corrected chi connectivity index (χ4v) is 3.85. The first-order valence-electron chi connectivity index (χ1n) is 7.70. The van der Waals surface area contributed by atoms with Gasteiger partial charge in [-0.1, -0.05) is 42.5 Å². The number of allylic oxidation sites excluding steroid dienone is 2. The van der Waals surface area contributed by atoms with Crippen molar-refractivity contribution in [3.63, 3.8) is 0 Å². The van der Waals surface area contributed by atoms with Gasteiger partial charge >= 0.3 is 5.97 Å². The van der Waals surface area contributed by atoms with Gasteiger partial charge in [0.15, 0.2) is 0 Å². The highest BCUT2D eigenvalue weighted by Crippen LogP contribution is 2.50. The monoisotopic (exact) mass is 309 g/mol. The zero-order chi connectivity index (χ0) is 16.0. The summed E-state index contributed by atoms with van der Waals surface area (Å²) in [6, 6.07) is 11.9. The van der Waals surface area contributed by atoms with Crippen LogP contribution >= 0.6 is 0 Å². The number of aromatic carboxylic acids is 1. The minimum absolute atomic E-state index is 0.119. The first kappa shape index (κ1) is 14.0. The number of hydrogen-bond donors (Lipinski definition) is 2. The molecular formula is C19H16FNO2. The van der Waals surface area contributed by atoms with E-state index in [0.29, 0.717) is 11.3 Å². The number of carboxylic acids is 1. The van der Waals surface area contributed by atoms with E-state index in [1.165, 1.54) is 6.07 Å². The molecule has 0 spiro atoms. The van der Waals surface area contributed by atoms with Crippen LogP contribution in [0.15, 0.2) is 54.6 Å². The molecule has 0 saturated heterocycles. The van der Waals surface area contributed by atoms with Crippen molar-refractivity contribution in [3.8, 4) is 0 Å². The highest BCUT2D eigenvalue weighted by Gasteiger charge is 2.39. The fraction of sp³-hybridized carbons (Fsp3) is 0.211. The van der Waals surface area contributed by atoms with Crippen LogP contribution in [0.1, 0.15) is 39.9 Å². The maximum Gasteiger partial charge on any atom is 0.336 e. The summed E-state index contributed by atoms with van der Waals surface area (Å²) >= 11 is 0. The summed E-state index contributed by atoms with van der Waals surface area (Å²) in [5.41, 5.74) is 2.43. The molecule has 4 heteroatoms. The second kappa shape index (κ2) is 5.23. The van der Waals surface area contributed by atoms with E-state index in [-0.39, 0.29) is 29.3 Å². The lowest BCUT2D eigenvalue weighted by Crippen LogP contribution is -2.30. The van der Waals surface area contributed by atoms with E-state index in [0.717, 1.165) is 12.0 Å². The lowest BCUT2D eigenvalue weighted by atomic mass is 9.76. The van der Waals surface area contributed by atoms with Crippen molar-refractivity contribution < 1.29 is 14.3 Å². The Morgan fingerprint density at radius 3 is 2.74 bits per heavy atom. The predicted molar refractivity (Wildman–Crippen MR) is 86.2 cm³/mol. The quantitative estimate of drug-likeness (QED) is 0.811. The molecular weight excluding hydrogens is 293 g/mol. The maximum atomic E-state index is 14.3. The Bertz CT molecular complexity index is 815. The van der Waals surface area contributed by atoms with Crippen LogP contribution in [0, 0.1) is 11.7 Å². The largest absolute Gasteiger partial charge is 0.478 e. The Balaban J connectivity index is 1.86. The zero-order valence-corrected chi connectivity index (χ0v) is 12.4. The Hall–Kier alpha value is -2.62. The second-order valence-corrected chi connectivity index (χ2v) is 6.07. The maximum absolute atomic E-state index is 14.3. The molecule has 1 aliphatic carbocycles. The molecule has 2 aliphatic rings. The predicted octanol–water partition coefficient (Wildman–Crippen LogP) is 4.35. The number of halogens is 1. The molecule has 1 heterocycles. The summed E-state index contributed by atoms with van der Waals surface area (Å²) in [6.45, 7) is 0. The summed E-state index contributed by atoms with van der Waals surface area (Å²) in [5.74, 6) is -0.929. The van der Waals surface area contributed by atoms with Crippen LogP contribution in [0.3, 0.4) is 0 Å². The molecule has 4 rings (SSSR count). The molecule has 0 fully saturated rings. The van der Waals surface area contributed by atoms with E-state index < -0.39 is 5.97 Å². The number of anilines is 1. The summed E-state index contributed by atoms with van der Waals surface area (Å²) < 4.78 is 14.3. The van der Waals surface area contributed by atoms with Crippen LogP contribution in [0.4, 0.5) is 10.1 Å². The standard InChI is InChI=1S/C19H16FNO2/c20-16-10-4-9-13-11-7-3-8-12(11)17(21-18(13)16)14-5-1-2-6-15(14)19(22)23/h1-7,9-12,17,21H,8H2,(H,22,23)/t11-,12-,17+/m0/s1. The van der Waals surface area contributed by atoms with Gasteiger partial charge in [-0.15, -0.1) is 0 Å². The van der Waals surface area contributed by atoms with Gasteiger partial charge < -0.3 is 10.4 Å². The molecule has 116 valence electrons. The number of para-hydroxylation sites is 1. The van der Waals surface area contributed by atoms with Crippen LogP contribution in [-0.4, -0.2) is 11.1 Å². The molecule has 2 aromatic rings. The van der Waals surface area contributed by atoms with Gasteiger partial charge in [0.05, 0.1) is 17.3 Å². The lowest BCUT2D eigenvalue weighted by molar-refractivity contribution is 0.0694. The highest BCUT2D eigenvalue weighted by atomic mass is 19.1. The van der Waals surface area contributed by atoms with Crippen molar-refractivity contribution in [3.05, 3.63) is 77.1 Å². The van der Waals surface area contributed by atoms with Crippen LogP contribution in [0.2, 0.25) is 0 Å². The Labute approximate surface area is 133 Å². The molecule has 3 atom stereocenters. The van der Waals surface area contributed by atoms with Crippen LogP contribution < -0.4 is 5.32 Å². The Morgan fingerprint density at radius 1 is 1.13 bits per heavy atom. The number of fused-ring (bicyclic) bond motifs is 3. The molecule has 0 bridgehead atoms. The van der Waals surface area contributed by atoms with Crippen molar-refractivity contribution in [1.29, 1.82) is 0 Å². The Kier molecular flexibility index (Phi) is 3.18. The molecule has 23 heavy (non-hydrogen) atoms. The van der Waals surface area contributed by atoms with Gasteiger partial charge in [-0.25, -0.2) is 9.18 Å². The van der Waals surface area contributed by atoms with E-state index in [4.69, 9.17) is 0 Å². The van der Waals surface area contributed by atoms with Crippen molar-refractivity contribution in [1.82, 2.24) is 0 Å². The molecule has 0 unspecified atom stereocenters. The van der Waals surface area contributed by atoms with E-state index in [9.17, 15) is 14.3 Å². The van der Waals surface area contributed by atoms with Gasteiger partial charge in [-0.2, -0.15) is 0 Å². The summed E-state index contributed by atoms with van der Waals surface area (Å²) in [6.07, 6.45) is 5.07. The van der Waals surface area contributed by atoms with Crippen LogP contribution in [-0.2, 0) is 0 Å². The minimum Gasteiger partial charge on any atom is -0.478 e. The van der Waals surface area contributed by atoms with E-state index >= 15 is 0 Å². The smallest absolute Gasteiger partial charge is 0.336 e. The van der Waals surface area contributed by atoms with Gasteiger partial charge in [0.25, 0.3) is 0 Å². The van der Waals surface area contributed by atoms with E-state index in [1.54, 1.807) is 18.2 Å². The van der Waals surface area contributed by atoms with E-state index in [2.05, 4.69) is 17.5 Å². The fourth-order valence-electron chi connectivity index (χ4n) is 3.85. The number of benzene rings is 2. The van der Waals surface area contributed by atoms with Gasteiger partial charge in [0.1, 0.15) is 5.82 Å². The molecule has 0 radical (unpaired) electrons. The minimum atomic E-state index is -0.954. The topological polar surface area (TPSA) is 49.3 Å². The molecule has 0 aromatic heterocycles. The average molecular weight is 309 g/mol. The van der Waals surface area contributed by atoms with Gasteiger partial charge in [0.2, 0.25) is 0 Å². The number of hydrogen-bond acceptors (Lipinski definition) is 2. The van der Waals surface area contributed by atoms with Crippen molar-refractivity contribution in [2.45, 2.75) is 18.4 Å². The molecule has 2 aromatic carbocycles. The number of rotatable bonds is 2. The highest BCUT2D eigenvalue weighted by molar-refractivity contribution is 5.89. The van der Waals surface area contributed by atoms with Crippen molar-refractivity contribution in [2.24, 2.45) is 5.92 Å². The SMILES string of the molecule is O=C(O)c1ccccc1[C@@H]1Nc2c(F)cccc2[C@H]2C=CC[C@@H]21. The molecule has 2 N–H and O–H groups in total. The number of carbonyl (C=O) groups is 1.